The zero-order valence-corrected chi connectivity index (χ0v) is 14.2. The highest BCUT2D eigenvalue weighted by Gasteiger charge is 2.26. The standard InChI is InChI=1S/C13H15BrClN3OS/c1-8(15)12-17-11-6-9(14)7-16-13(11)18(12)10-2-4-20(19)5-3-10/h6-8,10H,2-5H2,1H3. The summed E-state index contributed by atoms with van der Waals surface area (Å²) < 4.78 is 14.6. The molecule has 0 bridgehead atoms. The summed E-state index contributed by atoms with van der Waals surface area (Å²) in [6.07, 6.45) is 3.57. The predicted molar refractivity (Wildman–Crippen MR) is 85.6 cm³/mol. The number of pyridine rings is 1. The lowest BCUT2D eigenvalue weighted by Gasteiger charge is -2.25. The number of aromatic nitrogens is 3. The van der Waals surface area contributed by atoms with Crippen LogP contribution in [0.1, 0.15) is 37.0 Å². The van der Waals surface area contributed by atoms with Crippen LogP contribution < -0.4 is 0 Å². The number of alkyl halides is 1. The molecule has 1 aliphatic heterocycles. The summed E-state index contributed by atoms with van der Waals surface area (Å²) in [4.78, 5) is 9.13. The highest BCUT2D eigenvalue weighted by atomic mass is 79.9. The second-order valence-electron chi connectivity index (χ2n) is 5.03. The fraction of sp³-hybridized carbons (Fsp3) is 0.538. The molecule has 1 unspecified atom stereocenters. The van der Waals surface area contributed by atoms with Crippen molar-refractivity contribution in [3.8, 4) is 0 Å². The summed E-state index contributed by atoms with van der Waals surface area (Å²) >= 11 is 9.71. The van der Waals surface area contributed by atoms with Crippen molar-refractivity contribution in [2.24, 2.45) is 0 Å². The van der Waals surface area contributed by atoms with E-state index in [2.05, 4.69) is 30.5 Å². The lowest BCUT2D eigenvalue weighted by atomic mass is 10.1. The second-order valence-corrected chi connectivity index (χ2v) is 8.30. The van der Waals surface area contributed by atoms with E-state index in [1.807, 2.05) is 13.0 Å². The third-order valence-corrected chi connectivity index (χ3v) is 5.61. The van der Waals surface area contributed by atoms with E-state index in [1.165, 1.54) is 0 Å². The van der Waals surface area contributed by atoms with E-state index in [0.717, 1.165) is 45.8 Å². The molecule has 2 aromatic heterocycles. The van der Waals surface area contributed by atoms with Crippen molar-refractivity contribution in [3.63, 3.8) is 0 Å². The van der Waals surface area contributed by atoms with Gasteiger partial charge in [0.1, 0.15) is 11.3 Å². The zero-order valence-electron chi connectivity index (χ0n) is 11.1. The van der Waals surface area contributed by atoms with Crippen LogP contribution in [0.2, 0.25) is 0 Å². The normalized spacial score (nSPS) is 24.9. The molecule has 1 aliphatic rings. The monoisotopic (exact) mass is 375 g/mol. The molecule has 20 heavy (non-hydrogen) atoms. The molecular formula is C13H15BrClN3OS. The largest absolute Gasteiger partial charge is 0.308 e. The van der Waals surface area contributed by atoms with Crippen LogP contribution in [-0.4, -0.2) is 30.2 Å². The first kappa shape index (κ1) is 14.5. The maximum absolute atomic E-state index is 11.5. The van der Waals surface area contributed by atoms with Crippen molar-refractivity contribution in [2.75, 3.05) is 11.5 Å². The van der Waals surface area contributed by atoms with Gasteiger partial charge in [-0.25, -0.2) is 9.97 Å². The molecule has 0 saturated carbocycles. The molecule has 4 nitrogen and oxygen atoms in total. The van der Waals surface area contributed by atoms with E-state index < -0.39 is 10.8 Å². The molecule has 2 aromatic rings. The number of hydrogen-bond donors (Lipinski definition) is 0. The predicted octanol–water partition coefficient (Wildman–Crippen LogP) is 3.58. The SMILES string of the molecule is CC(Cl)c1nc2cc(Br)cnc2n1C1CCS(=O)CC1. The Balaban J connectivity index is 2.11. The van der Waals surface area contributed by atoms with Gasteiger partial charge in [0.15, 0.2) is 5.65 Å². The third-order valence-electron chi connectivity index (χ3n) is 3.60. The molecule has 108 valence electrons. The molecule has 0 aromatic carbocycles. The van der Waals surface area contributed by atoms with Crippen LogP contribution >= 0.6 is 27.5 Å². The number of nitrogens with zero attached hydrogens (tertiary/aromatic N) is 3. The summed E-state index contributed by atoms with van der Waals surface area (Å²) in [5.41, 5.74) is 1.72. The summed E-state index contributed by atoms with van der Waals surface area (Å²) in [5, 5.41) is -0.171. The van der Waals surface area contributed by atoms with E-state index >= 15 is 0 Å². The van der Waals surface area contributed by atoms with Crippen molar-refractivity contribution >= 4 is 49.5 Å². The average Bonchev–Trinajstić information content (AvgIpc) is 2.78. The Bertz CT molecular complexity index is 663. The molecule has 3 heterocycles. The maximum atomic E-state index is 11.5. The first-order valence-electron chi connectivity index (χ1n) is 6.58. The van der Waals surface area contributed by atoms with Crippen molar-refractivity contribution in [2.45, 2.75) is 31.2 Å². The number of halogens is 2. The van der Waals surface area contributed by atoms with Gasteiger partial charge < -0.3 is 4.57 Å². The van der Waals surface area contributed by atoms with Gasteiger partial charge in [0.25, 0.3) is 0 Å². The van der Waals surface area contributed by atoms with Crippen LogP contribution in [-0.2, 0) is 10.8 Å². The average molecular weight is 377 g/mol. The minimum absolute atomic E-state index is 0.171. The molecule has 1 fully saturated rings. The Hall–Kier alpha value is -0.460. The summed E-state index contributed by atoms with van der Waals surface area (Å²) in [6.45, 7) is 1.93. The van der Waals surface area contributed by atoms with Crippen molar-refractivity contribution in [1.82, 2.24) is 14.5 Å². The van der Waals surface area contributed by atoms with Crippen LogP contribution in [0.15, 0.2) is 16.7 Å². The van der Waals surface area contributed by atoms with Gasteiger partial charge in [-0.3, -0.25) is 4.21 Å². The Labute approximate surface area is 133 Å². The Morgan fingerprint density at radius 2 is 2.20 bits per heavy atom. The van der Waals surface area contributed by atoms with Gasteiger partial charge in [0.05, 0.1) is 5.38 Å². The van der Waals surface area contributed by atoms with Crippen molar-refractivity contribution in [3.05, 3.63) is 22.6 Å². The van der Waals surface area contributed by atoms with Crippen LogP contribution in [0.25, 0.3) is 11.2 Å². The highest BCUT2D eigenvalue weighted by Crippen LogP contribution is 2.32. The van der Waals surface area contributed by atoms with Crippen LogP contribution in [0.3, 0.4) is 0 Å². The molecule has 3 rings (SSSR count). The van der Waals surface area contributed by atoms with Gasteiger partial charge in [-0.1, -0.05) is 0 Å². The molecular weight excluding hydrogens is 362 g/mol. The molecule has 1 saturated heterocycles. The van der Waals surface area contributed by atoms with Gasteiger partial charge >= 0.3 is 0 Å². The van der Waals surface area contributed by atoms with Crippen LogP contribution in [0.5, 0.6) is 0 Å². The highest BCUT2D eigenvalue weighted by molar-refractivity contribution is 9.10. The van der Waals surface area contributed by atoms with Gasteiger partial charge in [0.2, 0.25) is 0 Å². The molecule has 0 aliphatic carbocycles. The number of fused-ring (bicyclic) bond motifs is 1. The summed E-state index contributed by atoms with van der Waals surface area (Å²) in [6, 6.07) is 2.25. The maximum Gasteiger partial charge on any atom is 0.160 e. The quantitative estimate of drug-likeness (QED) is 0.753. The van der Waals surface area contributed by atoms with E-state index in [9.17, 15) is 4.21 Å². The summed E-state index contributed by atoms with van der Waals surface area (Å²) in [7, 11) is -0.672. The van der Waals surface area contributed by atoms with Gasteiger partial charge in [-0.2, -0.15) is 0 Å². The van der Waals surface area contributed by atoms with Crippen molar-refractivity contribution < 1.29 is 4.21 Å². The van der Waals surface area contributed by atoms with Gasteiger partial charge in [-0.15, -0.1) is 11.6 Å². The van der Waals surface area contributed by atoms with Crippen LogP contribution in [0.4, 0.5) is 0 Å². The van der Waals surface area contributed by atoms with Gasteiger partial charge in [-0.05, 0) is 41.8 Å². The van der Waals surface area contributed by atoms with E-state index in [1.54, 1.807) is 6.20 Å². The molecule has 0 amide bonds. The fourth-order valence-corrected chi connectivity index (χ4v) is 4.40. The van der Waals surface area contributed by atoms with E-state index in [4.69, 9.17) is 11.6 Å². The Kier molecular flexibility index (Phi) is 4.15. The fourth-order valence-electron chi connectivity index (χ4n) is 2.66. The second kappa shape index (κ2) is 5.73. The first-order valence-corrected chi connectivity index (χ1v) is 9.30. The zero-order chi connectivity index (χ0) is 14.3. The number of hydrogen-bond acceptors (Lipinski definition) is 3. The smallest absolute Gasteiger partial charge is 0.160 e. The number of rotatable bonds is 2. The molecule has 7 heteroatoms. The minimum Gasteiger partial charge on any atom is -0.308 e. The lowest BCUT2D eigenvalue weighted by molar-refractivity contribution is 0.455. The number of imidazole rings is 1. The van der Waals surface area contributed by atoms with Crippen molar-refractivity contribution in [1.29, 1.82) is 0 Å². The van der Waals surface area contributed by atoms with Gasteiger partial charge in [0, 0.05) is 39.0 Å². The third kappa shape index (κ3) is 2.65. The van der Waals surface area contributed by atoms with E-state index in [0.29, 0.717) is 6.04 Å². The van der Waals surface area contributed by atoms with Crippen LogP contribution in [0, 0.1) is 0 Å². The minimum atomic E-state index is -0.672. The summed E-state index contributed by atoms with van der Waals surface area (Å²) in [5.74, 6) is 2.35. The molecule has 0 N–H and O–H groups in total. The topological polar surface area (TPSA) is 47.8 Å². The molecule has 0 radical (unpaired) electrons. The molecule has 1 atom stereocenters. The lowest BCUT2D eigenvalue weighted by Crippen LogP contribution is -2.23. The Morgan fingerprint density at radius 1 is 1.50 bits per heavy atom. The Morgan fingerprint density at radius 3 is 2.85 bits per heavy atom. The van der Waals surface area contributed by atoms with E-state index in [-0.39, 0.29) is 5.38 Å². The molecule has 0 spiro atoms. The first-order chi connectivity index (χ1) is 9.56.